The van der Waals surface area contributed by atoms with Crippen LogP contribution in [0.2, 0.25) is 10.0 Å². The molecule has 0 spiro atoms. The van der Waals surface area contributed by atoms with Crippen molar-refractivity contribution >= 4 is 40.8 Å². The van der Waals surface area contributed by atoms with Gasteiger partial charge in [0.1, 0.15) is 5.82 Å². The molecule has 21 heavy (non-hydrogen) atoms. The molecule has 2 aromatic carbocycles. The number of carbonyl (C=O) groups excluding carboxylic acids is 1. The summed E-state index contributed by atoms with van der Waals surface area (Å²) in [7, 11) is 0. The number of carboxylic acid groups (broad SMARTS) is 1. The topological polar surface area (TPSA) is 66.4 Å². The van der Waals surface area contributed by atoms with Gasteiger partial charge in [-0.3, -0.25) is 4.79 Å². The predicted molar refractivity (Wildman–Crippen MR) is 77.8 cm³/mol. The van der Waals surface area contributed by atoms with E-state index in [0.717, 1.165) is 6.07 Å². The number of anilines is 1. The van der Waals surface area contributed by atoms with Crippen molar-refractivity contribution in [1.82, 2.24) is 0 Å². The van der Waals surface area contributed by atoms with Crippen molar-refractivity contribution in [1.29, 1.82) is 0 Å². The van der Waals surface area contributed by atoms with Crippen LogP contribution < -0.4 is 5.32 Å². The number of halogens is 3. The van der Waals surface area contributed by atoms with E-state index in [4.69, 9.17) is 28.3 Å². The Morgan fingerprint density at radius 2 is 1.76 bits per heavy atom. The van der Waals surface area contributed by atoms with Crippen LogP contribution in [0.5, 0.6) is 0 Å². The van der Waals surface area contributed by atoms with Gasteiger partial charge in [-0.15, -0.1) is 0 Å². The molecule has 108 valence electrons. The second kappa shape index (κ2) is 6.11. The molecule has 4 nitrogen and oxygen atoms in total. The number of rotatable bonds is 3. The lowest BCUT2D eigenvalue weighted by Crippen LogP contribution is -2.14. The Kier molecular flexibility index (Phi) is 4.45. The summed E-state index contributed by atoms with van der Waals surface area (Å²) >= 11 is 11.4. The summed E-state index contributed by atoms with van der Waals surface area (Å²) in [6.07, 6.45) is 0. The average Bonchev–Trinajstić information content (AvgIpc) is 2.37. The standard InChI is InChI=1S/C14H8Cl2FNO3/c15-8-1-2-11(12(17)6-8)13(19)18-10-4-7(14(20)21)3-9(16)5-10/h1-6H,(H,18,19)(H,20,21). The van der Waals surface area contributed by atoms with Crippen molar-refractivity contribution in [2.75, 3.05) is 5.32 Å². The maximum atomic E-state index is 13.6. The van der Waals surface area contributed by atoms with Crippen LogP contribution in [-0.4, -0.2) is 17.0 Å². The molecule has 0 saturated carbocycles. The molecule has 0 unspecified atom stereocenters. The Morgan fingerprint density at radius 1 is 1.05 bits per heavy atom. The summed E-state index contributed by atoms with van der Waals surface area (Å²) in [6, 6.07) is 7.44. The molecule has 1 amide bonds. The van der Waals surface area contributed by atoms with E-state index in [1.807, 2.05) is 0 Å². The first-order chi connectivity index (χ1) is 9.86. The maximum Gasteiger partial charge on any atom is 0.335 e. The Labute approximate surface area is 129 Å². The quantitative estimate of drug-likeness (QED) is 0.892. The zero-order valence-electron chi connectivity index (χ0n) is 10.4. The van der Waals surface area contributed by atoms with Crippen molar-refractivity contribution in [3.05, 3.63) is 63.4 Å². The third-order valence-corrected chi connectivity index (χ3v) is 3.03. The molecule has 0 aliphatic carbocycles. The molecule has 0 aromatic heterocycles. The van der Waals surface area contributed by atoms with Crippen LogP contribution in [0.15, 0.2) is 36.4 Å². The molecular weight excluding hydrogens is 320 g/mol. The van der Waals surface area contributed by atoms with E-state index in [-0.39, 0.29) is 26.9 Å². The number of carbonyl (C=O) groups is 2. The summed E-state index contributed by atoms with van der Waals surface area (Å²) < 4.78 is 13.6. The first kappa shape index (κ1) is 15.3. The third-order valence-electron chi connectivity index (χ3n) is 2.58. The van der Waals surface area contributed by atoms with Gasteiger partial charge in [-0.1, -0.05) is 23.2 Å². The summed E-state index contributed by atoms with van der Waals surface area (Å²) in [5.74, 6) is -2.70. The fraction of sp³-hybridized carbons (Fsp3) is 0. The van der Waals surface area contributed by atoms with E-state index in [1.165, 1.54) is 30.3 Å². The van der Waals surface area contributed by atoms with Gasteiger partial charge in [-0.05, 0) is 36.4 Å². The molecule has 2 aromatic rings. The van der Waals surface area contributed by atoms with Crippen molar-refractivity contribution in [2.24, 2.45) is 0 Å². The maximum absolute atomic E-state index is 13.6. The predicted octanol–water partition coefficient (Wildman–Crippen LogP) is 4.08. The largest absolute Gasteiger partial charge is 0.478 e. The second-order valence-electron chi connectivity index (χ2n) is 4.11. The van der Waals surface area contributed by atoms with Crippen LogP contribution in [0, 0.1) is 5.82 Å². The highest BCUT2D eigenvalue weighted by atomic mass is 35.5. The van der Waals surface area contributed by atoms with Crippen molar-refractivity contribution < 1.29 is 19.1 Å². The highest BCUT2D eigenvalue weighted by molar-refractivity contribution is 6.31. The fourth-order valence-corrected chi connectivity index (χ4v) is 2.05. The van der Waals surface area contributed by atoms with Gasteiger partial charge < -0.3 is 10.4 Å². The molecule has 0 bridgehead atoms. The van der Waals surface area contributed by atoms with Crippen molar-refractivity contribution in [3.63, 3.8) is 0 Å². The van der Waals surface area contributed by atoms with Gasteiger partial charge in [0.2, 0.25) is 0 Å². The van der Waals surface area contributed by atoms with Gasteiger partial charge in [0.05, 0.1) is 11.1 Å². The second-order valence-corrected chi connectivity index (χ2v) is 4.98. The highest BCUT2D eigenvalue weighted by Crippen LogP contribution is 2.21. The highest BCUT2D eigenvalue weighted by Gasteiger charge is 2.14. The van der Waals surface area contributed by atoms with Crippen molar-refractivity contribution in [2.45, 2.75) is 0 Å². The Morgan fingerprint density at radius 3 is 2.38 bits per heavy atom. The lowest BCUT2D eigenvalue weighted by Gasteiger charge is -2.08. The molecule has 0 atom stereocenters. The lowest BCUT2D eigenvalue weighted by atomic mass is 10.1. The summed E-state index contributed by atoms with van der Waals surface area (Å²) in [4.78, 5) is 22.9. The number of nitrogens with one attached hydrogen (secondary N) is 1. The number of hydrogen-bond donors (Lipinski definition) is 2. The molecule has 2 rings (SSSR count). The minimum atomic E-state index is -1.19. The summed E-state index contributed by atoms with van der Waals surface area (Å²) in [5, 5.41) is 11.6. The molecule has 0 fully saturated rings. The molecule has 0 radical (unpaired) electrons. The number of benzene rings is 2. The van der Waals surface area contributed by atoms with E-state index >= 15 is 0 Å². The van der Waals surface area contributed by atoms with Crippen LogP contribution in [0.25, 0.3) is 0 Å². The molecule has 2 N–H and O–H groups in total. The van der Waals surface area contributed by atoms with E-state index in [9.17, 15) is 14.0 Å². The number of hydrogen-bond acceptors (Lipinski definition) is 2. The number of carboxylic acids is 1. The number of amides is 1. The van der Waals surface area contributed by atoms with Gasteiger partial charge in [-0.2, -0.15) is 0 Å². The summed E-state index contributed by atoms with van der Waals surface area (Å²) in [6.45, 7) is 0. The van der Waals surface area contributed by atoms with E-state index < -0.39 is 17.7 Å². The molecule has 0 heterocycles. The van der Waals surface area contributed by atoms with E-state index in [0.29, 0.717) is 0 Å². The Balaban J connectivity index is 2.29. The van der Waals surface area contributed by atoms with Gasteiger partial charge in [0.25, 0.3) is 5.91 Å². The third kappa shape index (κ3) is 3.71. The van der Waals surface area contributed by atoms with Gasteiger partial charge in [0, 0.05) is 15.7 Å². The molecule has 0 aliphatic heterocycles. The number of aromatic carboxylic acids is 1. The van der Waals surface area contributed by atoms with Crippen LogP contribution in [0.1, 0.15) is 20.7 Å². The van der Waals surface area contributed by atoms with E-state index in [1.54, 1.807) is 0 Å². The van der Waals surface area contributed by atoms with Crippen LogP contribution in [0.3, 0.4) is 0 Å². The fourth-order valence-electron chi connectivity index (χ4n) is 1.66. The molecule has 0 aliphatic rings. The zero-order valence-corrected chi connectivity index (χ0v) is 11.9. The SMILES string of the molecule is O=C(O)c1cc(Cl)cc(NC(=O)c2ccc(Cl)cc2F)c1. The zero-order chi connectivity index (χ0) is 15.6. The van der Waals surface area contributed by atoms with Gasteiger partial charge in [0.15, 0.2) is 0 Å². The van der Waals surface area contributed by atoms with Crippen LogP contribution in [-0.2, 0) is 0 Å². The minimum absolute atomic E-state index is 0.0885. The minimum Gasteiger partial charge on any atom is -0.478 e. The Bertz CT molecular complexity index is 734. The molecular formula is C14H8Cl2FNO3. The van der Waals surface area contributed by atoms with Crippen molar-refractivity contribution in [3.8, 4) is 0 Å². The average molecular weight is 328 g/mol. The normalized spacial score (nSPS) is 10.2. The smallest absolute Gasteiger partial charge is 0.335 e. The van der Waals surface area contributed by atoms with Crippen LogP contribution in [0.4, 0.5) is 10.1 Å². The lowest BCUT2D eigenvalue weighted by molar-refractivity contribution is 0.0696. The first-order valence-electron chi connectivity index (χ1n) is 5.67. The molecule has 0 saturated heterocycles. The first-order valence-corrected chi connectivity index (χ1v) is 6.42. The Hall–Kier alpha value is -2.11. The summed E-state index contributed by atoms with van der Waals surface area (Å²) in [5.41, 5.74) is -0.148. The van der Waals surface area contributed by atoms with Crippen LogP contribution >= 0.6 is 23.2 Å². The molecule has 7 heteroatoms. The monoisotopic (exact) mass is 327 g/mol. The van der Waals surface area contributed by atoms with E-state index in [2.05, 4.69) is 5.32 Å². The van der Waals surface area contributed by atoms with Gasteiger partial charge >= 0.3 is 5.97 Å². The van der Waals surface area contributed by atoms with Gasteiger partial charge in [-0.25, -0.2) is 9.18 Å².